The number of aromatic nitrogens is 2. The van der Waals surface area contributed by atoms with E-state index in [0.717, 1.165) is 37.6 Å². The summed E-state index contributed by atoms with van der Waals surface area (Å²) in [5, 5.41) is 16.7. The minimum Gasteiger partial charge on any atom is -0.392 e. The number of piperazine rings is 1. The summed E-state index contributed by atoms with van der Waals surface area (Å²) in [5.74, 6) is 0.721. The van der Waals surface area contributed by atoms with Gasteiger partial charge in [0.1, 0.15) is 5.82 Å². The summed E-state index contributed by atoms with van der Waals surface area (Å²) in [7, 11) is 1.82. The van der Waals surface area contributed by atoms with E-state index in [4.69, 9.17) is 0 Å². The van der Waals surface area contributed by atoms with E-state index in [9.17, 15) is 9.90 Å². The van der Waals surface area contributed by atoms with Gasteiger partial charge >= 0.3 is 0 Å². The van der Waals surface area contributed by atoms with Crippen LogP contribution >= 0.6 is 0 Å². The van der Waals surface area contributed by atoms with Gasteiger partial charge in [0.25, 0.3) is 0 Å². The molecule has 7 nitrogen and oxygen atoms in total. The third kappa shape index (κ3) is 5.02. The third-order valence-electron chi connectivity index (χ3n) is 4.30. The zero-order chi connectivity index (χ0) is 17.0. The van der Waals surface area contributed by atoms with Crippen LogP contribution in [0.1, 0.15) is 26.0 Å². The van der Waals surface area contributed by atoms with Crippen LogP contribution in [0.4, 0.5) is 5.82 Å². The number of anilines is 1. The first-order valence-corrected chi connectivity index (χ1v) is 8.34. The Hall–Kier alpha value is -1.44. The molecule has 1 aliphatic rings. The monoisotopic (exact) mass is 323 g/mol. The molecule has 1 saturated heterocycles. The summed E-state index contributed by atoms with van der Waals surface area (Å²) >= 11 is 0. The molecule has 1 aromatic heterocycles. The second kappa shape index (κ2) is 7.90. The summed E-state index contributed by atoms with van der Waals surface area (Å²) in [6.45, 7) is 9.58. The highest BCUT2D eigenvalue weighted by atomic mass is 16.3. The Bertz CT molecular complexity index is 529. The Kier molecular flexibility index (Phi) is 6.15. The number of aliphatic hydroxyl groups excluding tert-OH is 1. The number of nitrogens with one attached hydrogen (secondary N) is 1. The zero-order valence-electron chi connectivity index (χ0n) is 14.6. The lowest BCUT2D eigenvalue weighted by molar-refractivity contribution is -0.118. The molecule has 7 heteroatoms. The van der Waals surface area contributed by atoms with Crippen LogP contribution in [-0.4, -0.2) is 75.5 Å². The second-order valence-corrected chi connectivity index (χ2v) is 6.48. The van der Waals surface area contributed by atoms with Crippen molar-refractivity contribution in [2.45, 2.75) is 39.3 Å². The Morgan fingerprint density at radius 1 is 1.52 bits per heavy atom. The fraction of sp³-hybridized carbons (Fsp3) is 0.750. The van der Waals surface area contributed by atoms with Crippen LogP contribution in [0.25, 0.3) is 0 Å². The molecule has 0 aliphatic carbocycles. The number of rotatable bonds is 6. The average Bonchev–Trinajstić information content (AvgIpc) is 2.77. The van der Waals surface area contributed by atoms with Gasteiger partial charge in [0.2, 0.25) is 5.91 Å². The number of β-amino-alcohol motifs (C(OH)–C–C–N with tert-alkyl or cyclic N) is 1. The highest BCUT2D eigenvalue weighted by Crippen LogP contribution is 2.14. The van der Waals surface area contributed by atoms with Gasteiger partial charge in [-0.25, -0.2) is 0 Å². The van der Waals surface area contributed by atoms with Crippen molar-refractivity contribution in [3.8, 4) is 0 Å². The van der Waals surface area contributed by atoms with Gasteiger partial charge < -0.3 is 10.4 Å². The highest BCUT2D eigenvalue weighted by molar-refractivity contribution is 5.91. The maximum Gasteiger partial charge on any atom is 0.239 e. The summed E-state index contributed by atoms with van der Waals surface area (Å²) in [5.41, 5.74) is 0.889. The molecule has 0 aromatic carbocycles. The van der Waals surface area contributed by atoms with E-state index in [1.165, 1.54) is 0 Å². The van der Waals surface area contributed by atoms with Crippen LogP contribution in [0.3, 0.4) is 0 Å². The number of hydrogen-bond donors (Lipinski definition) is 2. The van der Waals surface area contributed by atoms with Crippen LogP contribution < -0.4 is 5.32 Å². The van der Waals surface area contributed by atoms with Crippen molar-refractivity contribution >= 4 is 11.7 Å². The molecule has 1 aromatic rings. The third-order valence-corrected chi connectivity index (χ3v) is 4.30. The number of nitrogens with zero attached hydrogens (tertiary/aromatic N) is 4. The molecule has 130 valence electrons. The smallest absolute Gasteiger partial charge is 0.239 e. The lowest BCUT2D eigenvalue weighted by Gasteiger charge is -2.41. The molecule has 0 saturated carbocycles. The van der Waals surface area contributed by atoms with Crippen molar-refractivity contribution < 1.29 is 9.90 Å². The minimum atomic E-state index is -0.313. The molecular formula is C16H29N5O2. The van der Waals surface area contributed by atoms with E-state index in [-0.39, 0.29) is 12.0 Å². The topological polar surface area (TPSA) is 73.6 Å². The van der Waals surface area contributed by atoms with Gasteiger partial charge in [-0.2, -0.15) is 5.10 Å². The van der Waals surface area contributed by atoms with Crippen molar-refractivity contribution in [2.75, 3.05) is 38.0 Å². The van der Waals surface area contributed by atoms with Gasteiger partial charge in [-0.3, -0.25) is 19.3 Å². The van der Waals surface area contributed by atoms with Crippen molar-refractivity contribution in [1.29, 1.82) is 0 Å². The SMILES string of the molecule is CC[C@H]1CN(CC(=O)Nc2cc(C)nn2C)CCN1C[C@@H](C)O. The standard InChI is InChI=1S/C16H29N5O2/c1-5-14-10-20(6-7-21(14)9-13(3)22)11-16(23)17-15-8-12(2)18-19(15)4/h8,13-14,22H,5-7,9-11H2,1-4H3,(H,17,23)/t13-,14+/m1/s1. The maximum atomic E-state index is 12.2. The van der Waals surface area contributed by atoms with Crippen molar-refractivity contribution in [3.63, 3.8) is 0 Å². The molecule has 2 rings (SSSR count). The summed E-state index contributed by atoms with van der Waals surface area (Å²) < 4.78 is 1.68. The lowest BCUT2D eigenvalue weighted by Crippen LogP contribution is -2.55. The van der Waals surface area contributed by atoms with Crippen LogP contribution in [0.2, 0.25) is 0 Å². The first-order chi connectivity index (χ1) is 10.9. The number of aliphatic hydroxyl groups is 1. The predicted octanol–water partition coefficient (Wildman–Crippen LogP) is 0.444. The fourth-order valence-electron chi connectivity index (χ4n) is 3.18. The number of carbonyl (C=O) groups excluding carboxylic acids is 1. The molecule has 23 heavy (non-hydrogen) atoms. The fourth-order valence-corrected chi connectivity index (χ4v) is 3.18. The lowest BCUT2D eigenvalue weighted by atomic mass is 10.1. The quantitative estimate of drug-likeness (QED) is 0.795. The number of carbonyl (C=O) groups is 1. The van der Waals surface area contributed by atoms with Crippen LogP contribution in [-0.2, 0) is 11.8 Å². The van der Waals surface area contributed by atoms with E-state index < -0.39 is 0 Å². The molecule has 0 radical (unpaired) electrons. The molecular weight excluding hydrogens is 294 g/mol. The Labute approximate surface area is 138 Å². The van der Waals surface area contributed by atoms with E-state index in [1.807, 2.05) is 27.0 Å². The van der Waals surface area contributed by atoms with Gasteiger partial charge in [0, 0.05) is 45.3 Å². The zero-order valence-corrected chi connectivity index (χ0v) is 14.6. The van der Waals surface area contributed by atoms with Gasteiger partial charge in [-0.05, 0) is 20.3 Å². The second-order valence-electron chi connectivity index (χ2n) is 6.48. The van der Waals surface area contributed by atoms with E-state index in [0.29, 0.717) is 19.1 Å². The molecule has 1 aliphatic heterocycles. The first kappa shape index (κ1) is 17.9. The Morgan fingerprint density at radius 3 is 2.83 bits per heavy atom. The van der Waals surface area contributed by atoms with Crippen molar-refractivity contribution in [2.24, 2.45) is 7.05 Å². The van der Waals surface area contributed by atoms with Crippen LogP contribution in [0.5, 0.6) is 0 Å². The molecule has 0 bridgehead atoms. The largest absolute Gasteiger partial charge is 0.392 e. The maximum absolute atomic E-state index is 12.2. The molecule has 2 heterocycles. The minimum absolute atomic E-state index is 0.00757. The molecule has 0 spiro atoms. The molecule has 0 unspecified atom stereocenters. The molecule has 2 N–H and O–H groups in total. The van der Waals surface area contributed by atoms with Gasteiger partial charge in [0.15, 0.2) is 0 Å². The Balaban J connectivity index is 1.86. The van der Waals surface area contributed by atoms with Crippen LogP contribution in [0.15, 0.2) is 6.07 Å². The van der Waals surface area contributed by atoms with E-state index in [2.05, 4.69) is 27.1 Å². The average molecular weight is 323 g/mol. The molecule has 1 amide bonds. The summed E-state index contributed by atoms with van der Waals surface area (Å²) in [6, 6.07) is 2.26. The van der Waals surface area contributed by atoms with Gasteiger partial charge in [-0.15, -0.1) is 0 Å². The normalized spacial score (nSPS) is 21.3. The number of hydrogen-bond acceptors (Lipinski definition) is 5. The van der Waals surface area contributed by atoms with Gasteiger partial charge in [-0.1, -0.05) is 6.92 Å². The first-order valence-electron chi connectivity index (χ1n) is 8.34. The summed E-state index contributed by atoms with van der Waals surface area (Å²) in [4.78, 5) is 16.8. The van der Waals surface area contributed by atoms with E-state index >= 15 is 0 Å². The number of amides is 1. The van der Waals surface area contributed by atoms with Crippen molar-refractivity contribution in [1.82, 2.24) is 19.6 Å². The summed E-state index contributed by atoms with van der Waals surface area (Å²) in [6.07, 6.45) is 0.707. The van der Waals surface area contributed by atoms with Crippen molar-refractivity contribution in [3.05, 3.63) is 11.8 Å². The number of aryl methyl sites for hydroxylation is 2. The Morgan fingerprint density at radius 2 is 2.26 bits per heavy atom. The van der Waals surface area contributed by atoms with Gasteiger partial charge in [0.05, 0.1) is 18.3 Å². The molecule has 1 fully saturated rings. The van der Waals surface area contributed by atoms with Crippen LogP contribution in [0, 0.1) is 6.92 Å². The molecule has 2 atom stereocenters. The van der Waals surface area contributed by atoms with E-state index in [1.54, 1.807) is 4.68 Å². The highest BCUT2D eigenvalue weighted by Gasteiger charge is 2.27. The predicted molar refractivity (Wildman–Crippen MR) is 90.3 cm³/mol.